The fourth-order valence-electron chi connectivity index (χ4n) is 2.68. The van der Waals surface area contributed by atoms with Gasteiger partial charge in [-0.15, -0.1) is 0 Å². The fourth-order valence-corrected chi connectivity index (χ4v) is 2.68. The monoisotopic (exact) mass is 293 g/mol. The summed E-state index contributed by atoms with van der Waals surface area (Å²) in [6.07, 6.45) is 3.30. The highest BCUT2D eigenvalue weighted by molar-refractivity contribution is 5.31. The van der Waals surface area contributed by atoms with Gasteiger partial charge < -0.3 is 19.5 Å². The Bertz CT molecular complexity index is 394. The zero-order chi connectivity index (χ0) is 14.9. The summed E-state index contributed by atoms with van der Waals surface area (Å²) in [5, 5.41) is 3.63. The summed E-state index contributed by atoms with van der Waals surface area (Å²) in [6, 6.07) is 8.31. The average molecular weight is 293 g/mol. The van der Waals surface area contributed by atoms with Crippen LogP contribution >= 0.6 is 0 Å². The number of methoxy groups -OCH3 is 1. The van der Waals surface area contributed by atoms with E-state index in [-0.39, 0.29) is 0 Å². The van der Waals surface area contributed by atoms with E-state index in [1.54, 1.807) is 7.11 Å². The standard InChI is InChI=1S/C17H27NO3/c1-3-10-18-17-9-11-20-13-14(17)8-12-21-16-6-4-15(19-2)5-7-16/h4-7,14,17-18H,3,8-13H2,1-2H3. The highest BCUT2D eigenvalue weighted by Crippen LogP contribution is 2.21. The topological polar surface area (TPSA) is 39.7 Å². The number of ether oxygens (including phenoxy) is 3. The van der Waals surface area contributed by atoms with E-state index in [9.17, 15) is 0 Å². The molecule has 2 rings (SSSR count). The van der Waals surface area contributed by atoms with Crippen LogP contribution < -0.4 is 14.8 Å². The second-order valence-corrected chi connectivity index (χ2v) is 5.50. The van der Waals surface area contributed by atoms with Gasteiger partial charge in [-0.2, -0.15) is 0 Å². The van der Waals surface area contributed by atoms with E-state index in [1.165, 1.54) is 6.42 Å². The lowest BCUT2D eigenvalue weighted by atomic mass is 9.93. The van der Waals surface area contributed by atoms with Crippen LogP contribution in [0.3, 0.4) is 0 Å². The third-order valence-corrected chi connectivity index (χ3v) is 3.95. The zero-order valence-corrected chi connectivity index (χ0v) is 13.1. The van der Waals surface area contributed by atoms with Crippen molar-refractivity contribution in [2.45, 2.75) is 32.2 Å². The summed E-state index contributed by atoms with van der Waals surface area (Å²) in [5.74, 6) is 2.29. The molecule has 0 aromatic heterocycles. The van der Waals surface area contributed by atoms with E-state index < -0.39 is 0 Å². The third kappa shape index (κ3) is 5.21. The van der Waals surface area contributed by atoms with Gasteiger partial charge in [0.1, 0.15) is 11.5 Å². The van der Waals surface area contributed by atoms with Gasteiger partial charge in [0, 0.05) is 18.6 Å². The number of benzene rings is 1. The molecule has 1 aromatic rings. The summed E-state index contributed by atoms with van der Waals surface area (Å²) in [5.41, 5.74) is 0. The Balaban J connectivity index is 1.74. The van der Waals surface area contributed by atoms with Crippen LogP contribution in [0.1, 0.15) is 26.2 Å². The maximum Gasteiger partial charge on any atom is 0.119 e. The number of nitrogens with one attached hydrogen (secondary N) is 1. The Labute approximate surface area is 127 Å². The van der Waals surface area contributed by atoms with Crippen molar-refractivity contribution in [2.24, 2.45) is 5.92 Å². The summed E-state index contributed by atoms with van der Waals surface area (Å²) < 4.78 is 16.6. The molecular formula is C17H27NO3. The van der Waals surface area contributed by atoms with Crippen molar-refractivity contribution < 1.29 is 14.2 Å². The maximum atomic E-state index is 5.82. The predicted molar refractivity (Wildman–Crippen MR) is 84.1 cm³/mol. The molecule has 1 fully saturated rings. The molecule has 2 atom stereocenters. The van der Waals surface area contributed by atoms with Crippen molar-refractivity contribution >= 4 is 0 Å². The first-order valence-electron chi connectivity index (χ1n) is 7.91. The highest BCUT2D eigenvalue weighted by atomic mass is 16.5. The summed E-state index contributed by atoms with van der Waals surface area (Å²) >= 11 is 0. The smallest absolute Gasteiger partial charge is 0.119 e. The maximum absolute atomic E-state index is 5.82. The van der Waals surface area contributed by atoms with Crippen LogP contribution in [-0.2, 0) is 4.74 Å². The normalized spacial score (nSPS) is 22.0. The molecule has 0 saturated carbocycles. The van der Waals surface area contributed by atoms with E-state index >= 15 is 0 Å². The third-order valence-electron chi connectivity index (χ3n) is 3.95. The number of hydrogen-bond acceptors (Lipinski definition) is 4. The van der Waals surface area contributed by atoms with Crippen LogP contribution in [0.5, 0.6) is 11.5 Å². The quantitative estimate of drug-likeness (QED) is 0.800. The molecule has 2 unspecified atom stereocenters. The minimum atomic E-state index is 0.545. The number of hydrogen-bond donors (Lipinski definition) is 1. The SMILES string of the molecule is CCCNC1CCOCC1CCOc1ccc(OC)cc1. The first-order valence-corrected chi connectivity index (χ1v) is 7.91. The molecule has 21 heavy (non-hydrogen) atoms. The minimum Gasteiger partial charge on any atom is -0.497 e. The van der Waals surface area contributed by atoms with Crippen LogP contribution in [-0.4, -0.2) is 39.5 Å². The molecule has 0 aliphatic carbocycles. The van der Waals surface area contributed by atoms with E-state index in [1.807, 2.05) is 24.3 Å². The molecular weight excluding hydrogens is 266 g/mol. The summed E-state index contributed by atoms with van der Waals surface area (Å²) in [6.45, 7) is 5.73. The van der Waals surface area contributed by atoms with Crippen molar-refractivity contribution in [1.82, 2.24) is 5.32 Å². The van der Waals surface area contributed by atoms with Crippen molar-refractivity contribution in [3.63, 3.8) is 0 Å². The molecule has 4 nitrogen and oxygen atoms in total. The molecule has 0 radical (unpaired) electrons. The minimum absolute atomic E-state index is 0.545. The van der Waals surface area contributed by atoms with Crippen molar-refractivity contribution in [3.05, 3.63) is 24.3 Å². The summed E-state index contributed by atoms with van der Waals surface area (Å²) in [4.78, 5) is 0. The van der Waals surface area contributed by atoms with Crippen LogP contribution in [0.15, 0.2) is 24.3 Å². The van der Waals surface area contributed by atoms with E-state index in [2.05, 4.69) is 12.2 Å². The first-order chi connectivity index (χ1) is 10.3. The van der Waals surface area contributed by atoms with E-state index in [4.69, 9.17) is 14.2 Å². The Morgan fingerprint density at radius 2 is 2.00 bits per heavy atom. The lowest BCUT2D eigenvalue weighted by Gasteiger charge is -2.32. The van der Waals surface area contributed by atoms with Gasteiger partial charge in [0.2, 0.25) is 0 Å². The molecule has 1 aliphatic heterocycles. The fraction of sp³-hybridized carbons (Fsp3) is 0.647. The van der Waals surface area contributed by atoms with Crippen molar-refractivity contribution in [1.29, 1.82) is 0 Å². The second-order valence-electron chi connectivity index (χ2n) is 5.50. The lowest BCUT2D eigenvalue weighted by Crippen LogP contribution is -2.43. The van der Waals surface area contributed by atoms with Gasteiger partial charge in [0.25, 0.3) is 0 Å². The van der Waals surface area contributed by atoms with Crippen LogP contribution in [0.2, 0.25) is 0 Å². The predicted octanol–water partition coefficient (Wildman–Crippen LogP) is 2.87. The number of rotatable bonds is 8. The Kier molecular flexibility index (Phi) is 6.83. The molecule has 1 aromatic carbocycles. The lowest BCUT2D eigenvalue weighted by molar-refractivity contribution is 0.0237. The molecule has 118 valence electrons. The zero-order valence-electron chi connectivity index (χ0n) is 13.1. The highest BCUT2D eigenvalue weighted by Gasteiger charge is 2.24. The average Bonchev–Trinajstić information content (AvgIpc) is 2.54. The van der Waals surface area contributed by atoms with Gasteiger partial charge >= 0.3 is 0 Å². The van der Waals surface area contributed by atoms with Gasteiger partial charge in [-0.1, -0.05) is 6.92 Å². The van der Waals surface area contributed by atoms with Gasteiger partial charge in [0.05, 0.1) is 20.3 Å². The second kappa shape index (κ2) is 8.90. The first kappa shape index (κ1) is 16.1. The van der Waals surface area contributed by atoms with E-state index in [0.29, 0.717) is 12.0 Å². The molecule has 4 heteroatoms. The van der Waals surface area contributed by atoms with E-state index in [0.717, 1.165) is 50.7 Å². The Morgan fingerprint density at radius 3 is 2.71 bits per heavy atom. The van der Waals surface area contributed by atoms with Crippen molar-refractivity contribution in [2.75, 3.05) is 33.5 Å². The molecule has 1 heterocycles. The molecule has 1 aliphatic rings. The van der Waals surface area contributed by atoms with Gasteiger partial charge in [-0.3, -0.25) is 0 Å². The van der Waals surface area contributed by atoms with Crippen LogP contribution in [0.4, 0.5) is 0 Å². The molecule has 1 N–H and O–H groups in total. The molecule has 0 bridgehead atoms. The summed E-state index contributed by atoms with van der Waals surface area (Å²) in [7, 11) is 1.67. The van der Waals surface area contributed by atoms with Crippen LogP contribution in [0, 0.1) is 5.92 Å². The van der Waals surface area contributed by atoms with Crippen LogP contribution in [0.25, 0.3) is 0 Å². The Morgan fingerprint density at radius 1 is 1.24 bits per heavy atom. The molecule has 0 amide bonds. The Hall–Kier alpha value is -1.26. The molecule has 0 spiro atoms. The van der Waals surface area contributed by atoms with Gasteiger partial charge in [0.15, 0.2) is 0 Å². The molecule has 1 saturated heterocycles. The van der Waals surface area contributed by atoms with Crippen molar-refractivity contribution in [3.8, 4) is 11.5 Å². The van der Waals surface area contributed by atoms with Gasteiger partial charge in [-0.05, 0) is 50.1 Å². The largest absolute Gasteiger partial charge is 0.497 e. The van der Waals surface area contributed by atoms with Gasteiger partial charge in [-0.25, -0.2) is 0 Å².